The van der Waals surface area contributed by atoms with E-state index in [4.69, 9.17) is 33.0 Å². The monoisotopic (exact) mass is 305 g/mol. The quantitative estimate of drug-likeness (QED) is 0.811. The SMILES string of the molecule is CCCC(NCc1cc(Cl)cc(Cl)c1OC)C(=O)O. The summed E-state index contributed by atoms with van der Waals surface area (Å²) in [7, 11) is 1.51. The van der Waals surface area contributed by atoms with Gasteiger partial charge in [-0.1, -0.05) is 36.5 Å². The average molecular weight is 306 g/mol. The molecule has 0 radical (unpaired) electrons. The number of carboxylic acids is 1. The summed E-state index contributed by atoms with van der Waals surface area (Å²) >= 11 is 12.0. The van der Waals surface area contributed by atoms with E-state index in [0.717, 1.165) is 12.0 Å². The Kier molecular flexibility index (Phi) is 6.42. The van der Waals surface area contributed by atoms with Crippen LogP contribution in [0.4, 0.5) is 0 Å². The lowest BCUT2D eigenvalue weighted by atomic mass is 10.1. The summed E-state index contributed by atoms with van der Waals surface area (Å²) in [5, 5.41) is 12.9. The van der Waals surface area contributed by atoms with Gasteiger partial charge in [0.2, 0.25) is 0 Å². The number of methoxy groups -OCH3 is 1. The van der Waals surface area contributed by atoms with Crippen molar-refractivity contribution in [3.63, 3.8) is 0 Å². The Bertz CT molecular complexity index is 452. The van der Waals surface area contributed by atoms with E-state index < -0.39 is 12.0 Å². The van der Waals surface area contributed by atoms with Gasteiger partial charge >= 0.3 is 5.97 Å². The molecule has 2 N–H and O–H groups in total. The molecule has 106 valence electrons. The highest BCUT2D eigenvalue weighted by atomic mass is 35.5. The molecule has 1 aromatic carbocycles. The zero-order chi connectivity index (χ0) is 14.4. The normalized spacial score (nSPS) is 12.2. The lowest BCUT2D eigenvalue weighted by molar-refractivity contribution is -0.139. The second kappa shape index (κ2) is 7.58. The third kappa shape index (κ3) is 4.56. The van der Waals surface area contributed by atoms with Gasteiger partial charge in [-0.25, -0.2) is 0 Å². The number of halogens is 2. The van der Waals surface area contributed by atoms with Crippen molar-refractivity contribution in [1.29, 1.82) is 0 Å². The summed E-state index contributed by atoms with van der Waals surface area (Å²) in [6, 6.07) is 2.71. The van der Waals surface area contributed by atoms with Crippen LogP contribution in [-0.2, 0) is 11.3 Å². The maximum absolute atomic E-state index is 11.1. The van der Waals surface area contributed by atoms with Crippen molar-refractivity contribution in [1.82, 2.24) is 5.32 Å². The Morgan fingerprint density at radius 2 is 2.16 bits per heavy atom. The fourth-order valence-corrected chi connectivity index (χ4v) is 2.42. The molecule has 4 nitrogen and oxygen atoms in total. The predicted octanol–water partition coefficient (Wildman–Crippen LogP) is 3.34. The van der Waals surface area contributed by atoms with Crippen LogP contribution < -0.4 is 10.1 Å². The molecule has 0 aromatic heterocycles. The van der Waals surface area contributed by atoms with Gasteiger partial charge in [-0.3, -0.25) is 4.79 Å². The number of aliphatic carboxylic acids is 1. The van der Waals surface area contributed by atoms with E-state index in [9.17, 15) is 4.79 Å². The first-order valence-electron chi connectivity index (χ1n) is 5.97. The van der Waals surface area contributed by atoms with Gasteiger partial charge in [-0.2, -0.15) is 0 Å². The molecule has 0 saturated heterocycles. The number of rotatable bonds is 7. The first-order chi connectivity index (χ1) is 8.99. The highest BCUT2D eigenvalue weighted by Crippen LogP contribution is 2.32. The number of carboxylic acid groups (broad SMARTS) is 1. The molecule has 0 heterocycles. The zero-order valence-electron chi connectivity index (χ0n) is 10.9. The molecule has 0 spiro atoms. The molecular formula is C13H17Cl2NO3. The van der Waals surface area contributed by atoms with Crippen molar-refractivity contribution >= 4 is 29.2 Å². The smallest absolute Gasteiger partial charge is 0.320 e. The van der Waals surface area contributed by atoms with E-state index >= 15 is 0 Å². The average Bonchev–Trinajstić information content (AvgIpc) is 2.33. The van der Waals surface area contributed by atoms with Crippen LogP contribution in [0.15, 0.2) is 12.1 Å². The van der Waals surface area contributed by atoms with Gasteiger partial charge in [0.05, 0.1) is 12.1 Å². The topological polar surface area (TPSA) is 58.6 Å². The molecular weight excluding hydrogens is 289 g/mol. The molecule has 0 amide bonds. The van der Waals surface area contributed by atoms with Crippen molar-refractivity contribution < 1.29 is 14.6 Å². The molecule has 0 aliphatic heterocycles. The van der Waals surface area contributed by atoms with Crippen molar-refractivity contribution in [2.24, 2.45) is 0 Å². The zero-order valence-corrected chi connectivity index (χ0v) is 12.4. The molecule has 1 unspecified atom stereocenters. The largest absolute Gasteiger partial charge is 0.495 e. The van der Waals surface area contributed by atoms with Gasteiger partial charge < -0.3 is 15.2 Å². The summed E-state index contributed by atoms with van der Waals surface area (Å²) in [5.41, 5.74) is 0.738. The number of benzene rings is 1. The van der Waals surface area contributed by atoms with Crippen LogP contribution in [-0.4, -0.2) is 24.2 Å². The number of carbonyl (C=O) groups is 1. The van der Waals surface area contributed by atoms with E-state index in [-0.39, 0.29) is 0 Å². The van der Waals surface area contributed by atoms with Crippen molar-refractivity contribution in [2.45, 2.75) is 32.4 Å². The fourth-order valence-electron chi connectivity index (χ4n) is 1.81. The third-order valence-electron chi connectivity index (χ3n) is 2.70. The Balaban J connectivity index is 2.84. The molecule has 1 aromatic rings. The fraction of sp³-hybridized carbons (Fsp3) is 0.462. The highest BCUT2D eigenvalue weighted by molar-refractivity contribution is 6.35. The van der Waals surface area contributed by atoms with E-state index in [1.165, 1.54) is 7.11 Å². The highest BCUT2D eigenvalue weighted by Gasteiger charge is 2.17. The molecule has 1 rings (SSSR count). The Hall–Kier alpha value is -0.970. The summed E-state index contributed by atoms with van der Waals surface area (Å²) in [6.45, 7) is 2.27. The second-order valence-corrected chi connectivity index (χ2v) is 4.98. The van der Waals surface area contributed by atoms with Crippen LogP contribution in [0.2, 0.25) is 10.0 Å². The molecule has 1 atom stereocenters. The van der Waals surface area contributed by atoms with Crippen LogP contribution in [0, 0.1) is 0 Å². The minimum absolute atomic E-state index is 0.334. The minimum atomic E-state index is -0.867. The van der Waals surface area contributed by atoms with Gasteiger partial charge in [0.15, 0.2) is 0 Å². The van der Waals surface area contributed by atoms with Crippen LogP contribution >= 0.6 is 23.2 Å². The summed E-state index contributed by atoms with van der Waals surface area (Å²) < 4.78 is 5.21. The Morgan fingerprint density at radius 3 is 2.68 bits per heavy atom. The Morgan fingerprint density at radius 1 is 1.47 bits per heavy atom. The van der Waals surface area contributed by atoms with Crippen molar-refractivity contribution in [3.05, 3.63) is 27.7 Å². The van der Waals surface area contributed by atoms with Gasteiger partial charge in [-0.15, -0.1) is 0 Å². The van der Waals surface area contributed by atoms with E-state index in [1.54, 1.807) is 12.1 Å². The van der Waals surface area contributed by atoms with Crippen LogP contribution in [0.3, 0.4) is 0 Å². The number of ether oxygens (including phenoxy) is 1. The third-order valence-corrected chi connectivity index (χ3v) is 3.20. The van der Waals surface area contributed by atoms with E-state index in [0.29, 0.717) is 28.8 Å². The number of nitrogens with one attached hydrogen (secondary N) is 1. The Labute approximate surface area is 122 Å². The number of hydrogen-bond donors (Lipinski definition) is 2. The molecule has 0 aliphatic carbocycles. The van der Waals surface area contributed by atoms with Gasteiger partial charge in [-0.05, 0) is 18.6 Å². The first kappa shape index (κ1) is 16.1. The maximum Gasteiger partial charge on any atom is 0.320 e. The molecule has 0 bridgehead atoms. The van der Waals surface area contributed by atoms with Gasteiger partial charge in [0, 0.05) is 17.1 Å². The first-order valence-corrected chi connectivity index (χ1v) is 6.73. The van der Waals surface area contributed by atoms with Gasteiger partial charge in [0.25, 0.3) is 0 Å². The summed E-state index contributed by atoms with van der Waals surface area (Å²) in [4.78, 5) is 11.1. The number of hydrogen-bond acceptors (Lipinski definition) is 3. The summed E-state index contributed by atoms with van der Waals surface area (Å²) in [6.07, 6.45) is 1.35. The van der Waals surface area contributed by atoms with Gasteiger partial charge in [0.1, 0.15) is 11.8 Å². The molecule has 0 aliphatic rings. The van der Waals surface area contributed by atoms with Crippen LogP contribution in [0.5, 0.6) is 5.75 Å². The molecule has 19 heavy (non-hydrogen) atoms. The lowest BCUT2D eigenvalue weighted by Gasteiger charge is -2.16. The molecule has 0 fully saturated rings. The lowest BCUT2D eigenvalue weighted by Crippen LogP contribution is -2.36. The second-order valence-electron chi connectivity index (χ2n) is 4.14. The van der Waals surface area contributed by atoms with Crippen LogP contribution in [0.1, 0.15) is 25.3 Å². The standard InChI is InChI=1S/C13H17Cl2NO3/c1-3-4-11(13(17)18)16-7-8-5-9(14)6-10(15)12(8)19-2/h5-6,11,16H,3-4,7H2,1-2H3,(H,17,18). The van der Waals surface area contributed by atoms with E-state index in [2.05, 4.69) is 5.32 Å². The summed E-state index contributed by atoms with van der Waals surface area (Å²) in [5.74, 6) is -0.354. The molecule has 0 saturated carbocycles. The minimum Gasteiger partial charge on any atom is -0.495 e. The van der Waals surface area contributed by atoms with Crippen molar-refractivity contribution in [3.8, 4) is 5.75 Å². The van der Waals surface area contributed by atoms with E-state index in [1.807, 2.05) is 6.92 Å². The molecule has 6 heteroatoms. The maximum atomic E-state index is 11.1. The van der Waals surface area contributed by atoms with Crippen molar-refractivity contribution in [2.75, 3.05) is 7.11 Å². The predicted molar refractivity (Wildman–Crippen MR) is 76.2 cm³/mol. The van der Waals surface area contributed by atoms with Crippen LogP contribution in [0.25, 0.3) is 0 Å².